The van der Waals surface area contributed by atoms with Crippen LogP contribution in [0.5, 0.6) is 0 Å². The second kappa shape index (κ2) is 7.32. The molecule has 1 aromatic heterocycles. The van der Waals surface area contributed by atoms with Gasteiger partial charge in [-0.3, -0.25) is 0 Å². The van der Waals surface area contributed by atoms with Crippen molar-refractivity contribution in [2.45, 2.75) is 46.5 Å². The molecule has 1 aromatic rings. The van der Waals surface area contributed by atoms with E-state index in [1.807, 2.05) is 50.3 Å². The number of aromatic nitrogens is 1. The maximum atomic E-state index is 4.66. The minimum Gasteiger partial charge on any atom is -0.246 e. The van der Waals surface area contributed by atoms with Gasteiger partial charge in [-0.2, -0.15) is 0 Å². The molecule has 1 fully saturated rings. The third kappa shape index (κ3) is 3.67. The largest absolute Gasteiger partial charge is 0.246 e. The maximum absolute atomic E-state index is 4.66. The summed E-state index contributed by atoms with van der Waals surface area (Å²) in [5.74, 6) is 0.741. The minimum atomic E-state index is 0.741. The average Bonchev–Trinajstić information content (AvgIpc) is 3.18. The Morgan fingerprint density at radius 1 is 1.39 bits per heavy atom. The van der Waals surface area contributed by atoms with Gasteiger partial charge in [0.1, 0.15) is 0 Å². The molecule has 0 aliphatic heterocycles. The van der Waals surface area contributed by atoms with Crippen LogP contribution in [0.3, 0.4) is 0 Å². The zero-order valence-corrected chi connectivity index (χ0v) is 12.7. The van der Waals surface area contributed by atoms with Gasteiger partial charge in [-0.25, -0.2) is 4.98 Å². The van der Waals surface area contributed by atoms with Crippen LogP contribution >= 0.6 is 11.3 Å². The molecule has 1 heterocycles. The Balaban J connectivity index is 0.000000771. The first kappa shape index (κ1) is 14.9. The van der Waals surface area contributed by atoms with Crippen LogP contribution in [0.25, 0.3) is 5.57 Å². The molecule has 2 rings (SSSR count). The monoisotopic (exact) mass is 261 g/mol. The van der Waals surface area contributed by atoms with Crippen molar-refractivity contribution in [3.05, 3.63) is 46.5 Å². The highest BCUT2D eigenvalue weighted by Crippen LogP contribution is 2.43. The zero-order valence-electron chi connectivity index (χ0n) is 11.9. The van der Waals surface area contributed by atoms with Gasteiger partial charge in [-0.1, -0.05) is 44.7 Å². The molecule has 2 heteroatoms. The number of hydrogen-bond acceptors (Lipinski definition) is 2. The van der Waals surface area contributed by atoms with Crippen LogP contribution in [0.1, 0.15) is 55.1 Å². The van der Waals surface area contributed by atoms with Crippen molar-refractivity contribution in [2.24, 2.45) is 0 Å². The Morgan fingerprint density at radius 2 is 2.06 bits per heavy atom. The van der Waals surface area contributed by atoms with Crippen molar-refractivity contribution in [1.29, 1.82) is 0 Å². The summed E-state index contributed by atoms with van der Waals surface area (Å²) in [5, 5.41) is 1.31. The lowest BCUT2D eigenvalue weighted by Gasteiger charge is -1.96. The van der Waals surface area contributed by atoms with Crippen LogP contribution in [0, 0.1) is 6.92 Å². The van der Waals surface area contributed by atoms with E-state index in [0.717, 1.165) is 11.6 Å². The zero-order chi connectivity index (χ0) is 13.5. The first-order chi connectivity index (χ1) is 8.76. The van der Waals surface area contributed by atoms with Crippen LogP contribution in [0.4, 0.5) is 0 Å². The van der Waals surface area contributed by atoms with Gasteiger partial charge in [-0.05, 0) is 32.3 Å². The van der Waals surface area contributed by atoms with Crippen molar-refractivity contribution in [2.75, 3.05) is 0 Å². The lowest BCUT2D eigenvalue weighted by molar-refractivity contribution is 1.05. The van der Waals surface area contributed by atoms with Crippen molar-refractivity contribution < 1.29 is 0 Å². The Kier molecular flexibility index (Phi) is 6.06. The first-order valence-electron chi connectivity index (χ1n) is 6.69. The van der Waals surface area contributed by atoms with Gasteiger partial charge in [-0.15, -0.1) is 11.3 Å². The Hall–Kier alpha value is -1.15. The van der Waals surface area contributed by atoms with Gasteiger partial charge < -0.3 is 0 Å². The van der Waals surface area contributed by atoms with E-state index in [0.29, 0.717) is 0 Å². The fraction of sp³-hybridized carbons (Fsp3) is 0.438. The van der Waals surface area contributed by atoms with E-state index in [2.05, 4.69) is 24.6 Å². The molecule has 1 saturated carbocycles. The number of rotatable bonds is 4. The molecular weight excluding hydrogens is 238 g/mol. The lowest BCUT2D eigenvalue weighted by atomic mass is 10.2. The number of thiazole rings is 1. The molecule has 0 bridgehead atoms. The predicted octanol–water partition coefficient (Wildman–Crippen LogP) is 5.50. The molecule has 1 aliphatic carbocycles. The second-order valence-electron chi connectivity index (χ2n) is 4.09. The smallest absolute Gasteiger partial charge is 0.0965 e. The molecule has 0 aromatic carbocycles. The molecule has 0 amide bonds. The fourth-order valence-electron chi connectivity index (χ4n) is 1.63. The third-order valence-electron chi connectivity index (χ3n) is 2.69. The summed E-state index contributed by atoms with van der Waals surface area (Å²) in [4.78, 5) is 5.93. The highest BCUT2D eigenvalue weighted by molar-refractivity contribution is 7.13. The summed E-state index contributed by atoms with van der Waals surface area (Å²) < 4.78 is 0. The van der Waals surface area contributed by atoms with E-state index < -0.39 is 0 Å². The maximum Gasteiger partial charge on any atom is 0.0965 e. The van der Waals surface area contributed by atoms with Crippen LogP contribution in [0.2, 0.25) is 0 Å². The summed E-state index contributed by atoms with van der Waals surface area (Å²) >= 11 is 1.83. The minimum absolute atomic E-state index is 0.741. The third-order valence-corrected chi connectivity index (χ3v) is 4.06. The van der Waals surface area contributed by atoms with E-state index in [-0.39, 0.29) is 0 Å². The van der Waals surface area contributed by atoms with Crippen LogP contribution in [-0.4, -0.2) is 4.98 Å². The molecule has 1 nitrogen and oxygen atoms in total. The standard InChI is InChI=1S/C14H17NS.C2H6/c1-4-6-7-11(5-2)13-10(3)15-14(16-13)12-8-9-12;1-2/h4-7,12H,2,8-9H2,1,3H3;1-2H3/b6-4-,11-7+;. The van der Waals surface area contributed by atoms with E-state index >= 15 is 0 Å². The molecule has 0 radical (unpaired) electrons. The van der Waals surface area contributed by atoms with Crippen molar-refractivity contribution in [1.82, 2.24) is 4.98 Å². The molecule has 98 valence electrons. The molecule has 0 unspecified atom stereocenters. The van der Waals surface area contributed by atoms with Gasteiger partial charge in [0, 0.05) is 5.92 Å². The predicted molar refractivity (Wildman–Crippen MR) is 83.2 cm³/mol. The van der Waals surface area contributed by atoms with E-state index in [1.165, 1.54) is 28.3 Å². The second-order valence-corrected chi connectivity index (χ2v) is 5.12. The summed E-state index contributed by atoms with van der Waals surface area (Å²) in [5.41, 5.74) is 2.32. The molecule has 0 atom stereocenters. The Morgan fingerprint density at radius 3 is 2.56 bits per heavy atom. The van der Waals surface area contributed by atoms with Crippen LogP contribution in [0.15, 0.2) is 30.9 Å². The molecular formula is C16H23NS. The Bertz CT molecular complexity index is 448. The molecule has 0 spiro atoms. The molecule has 0 N–H and O–H groups in total. The lowest BCUT2D eigenvalue weighted by Crippen LogP contribution is -1.80. The number of hydrogen-bond donors (Lipinski definition) is 0. The Labute approximate surface area is 115 Å². The topological polar surface area (TPSA) is 12.9 Å². The van der Waals surface area contributed by atoms with E-state index in [1.54, 1.807) is 0 Å². The quantitative estimate of drug-likeness (QED) is 0.652. The van der Waals surface area contributed by atoms with Crippen molar-refractivity contribution in [3.63, 3.8) is 0 Å². The fourth-order valence-corrected chi connectivity index (χ4v) is 2.88. The summed E-state index contributed by atoms with van der Waals surface area (Å²) in [6.45, 7) is 12.0. The summed E-state index contributed by atoms with van der Waals surface area (Å²) in [7, 11) is 0. The van der Waals surface area contributed by atoms with Crippen LogP contribution in [-0.2, 0) is 0 Å². The van der Waals surface area contributed by atoms with Gasteiger partial charge in [0.05, 0.1) is 15.6 Å². The van der Waals surface area contributed by atoms with Crippen molar-refractivity contribution in [3.8, 4) is 0 Å². The van der Waals surface area contributed by atoms with Crippen molar-refractivity contribution >= 4 is 16.9 Å². The molecule has 18 heavy (non-hydrogen) atoms. The molecule has 1 aliphatic rings. The highest BCUT2D eigenvalue weighted by Gasteiger charge is 2.27. The molecule has 0 saturated heterocycles. The summed E-state index contributed by atoms with van der Waals surface area (Å²) in [6.07, 6.45) is 10.7. The highest BCUT2D eigenvalue weighted by atomic mass is 32.1. The van der Waals surface area contributed by atoms with Gasteiger partial charge in [0.2, 0.25) is 0 Å². The first-order valence-corrected chi connectivity index (χ1v) is 7.51. The van der Waals surface area contributed by atoms with Gasteiger partial charge in [0.15, 0.2) is 0 Å². The van der Waals surface area contributed by atoms with Gasteiger partial charge >= 0.3 is 0 Å². The average molecular weight is 261 g/mol. The van der Waals surface area contributed by atoms with Gasteiger partial charge in [0.25, 0.3) is 0 Å². The number of allylic oxidation sites excluding steroid dienone is 5. The van der Waals surface area contributed by atoms with Crippen LogP contribution < -0.4 is 0 Å². The SMILES string of the molecule is C=C/C(=C\C=C/C)c1sc(C2CC2)nc1C.CC. The van der Waals surface area contributed by atoms with E-state index in [4.69, 9.17) is 0 Å². The number of nitrogens with zero attached hydrogens (tertiary/aromatic N) is 1. The number of aryl methyl sites for hydroxylation is 1. The van der Waals surface area contributed by atoms with E-state index in [9.17, 15) is 0 Å². The summed E-state index contributed by atoms with van der Waals surface area (Å²) in [6, 6.07) is 0. The normalized spacial score (nSPS) is 15.4.